The highest BCUT2D eigenvalue weighted by molar-refractivity contribution is 7.89. The molecule has 0 bridgehead atoms. The topological polar surface area (TPSA) is 84.5 Å². The van der Waals surface area contributed by atoms with Crippen LogP contribution in [0.25, 0.3) is 0 Å². The number of hydrogen-bond acceptors (Lipinski definition) is 4. The molecule has 2 aromatic rings. The quantitative estimate of drug-likeness (QED) is 0.549. The van der Waals surface area contributed by atoms with Crippen molar-refractivity contribution in [2.75, 3.05) is 13.2 Å². The van der Waals surface area contributed by atoms with Gasteiger partial charge in [-0.3, -0.25) is 4.79 Å². The minimum Gasteiger partial charge on any atom is -0.494 e. The highest BCUT2D eigenvalue weighted by atomic mass is 32.2. The van der Waals surface area contributed by atoms with E-state index in [2.05, 4.69) is 10.0 Å². The lowest BCUT2D eigenvalue weighted by atomic mass is 10.1. The van der Waals surface area contributed by atoms with Crippen LogP contribution < -0.4 is 14.8 Å². The summed E-state index contributed by atoms with van der Waals surface area (Å²) in [7, 11) is -3.88. The van der Waals surface area contributed by atoms with Crippen molar-refractivity contribution in [3.05, 3.63) is 59.7 Å². The minimum absolute atomic E-state index is 0.109. The maximum atomic E-state index is 13.0. The number of aryl methyl sites for hydroxylation is 1. The molecule has 0 heterocycles. The second-order valence-corrected chi connectivity index (χ2v) is 8.58. The Balaban J connectivity index is 2.23. The normalized spacial score (nSPS) is 12.4. The number of amides is 1. The summed E-state index contributed by atoms with van der Waals surface area (Å²) >= 11 is 0. The highest BCUT2D eigenvalue weighted by Crippen LogP contribution is 2.22. The van der Waals surface area contributed by atoms with Crippen molar-refractivity contribution in [2.24, 2.45) is 0 Å². The molecule has 2 N–H and O–H groups in total. The van der Waals surface area contributed by atoms with Crippen molar-refractivity contribution in [3.63, 3.8) is 0 Å². The van der Waals surface area contributed by atoms with Crippen LogP contribution in [0.4, 0.5) is 0 Å². The Kier molecular flexibility index (Phi) is 8.67. The molecular weight excluding hydrogens is 388 g/mol. The van der Waals surface area contributed by atoms with Gasteiger partial charge >= 0.3 is 0 Å². The fourth-order valence-corrected chi connectivity index (χ4v) is 4.19. The summed E-state index contributed by atoms with van der Waals surface area (Å²) in [5.74, 6) is 0.318. The molecular formula is C22H30N2O4S. The molecule has 0 aliphatic carbocycles. The third kappa shape index (κ3) is 6.87. The molecule has 1 amide bonds. The van der Waals surface area contributed by atoms with Gasteiger partial charge < -0.3 is 10.1 Å². The average Bonchev–Trinajstić information content (AvgIpc) is 2.70. The molecule has 0 aliphatic heterocycles. The number of rotatable bonds is 11. The van der Waals surface area contributed by atoms with Crippen LogP contribution in [0.1, 0.15) is 37.8 Å². The van der Waals surface area contributed by atoms with E-state index >= 15 is 0 Å². The number of sulfonamides is 1. The van der Waals surface area contributed by atoms with E-state index in [0.717, 1.165) is 24.0 Å². The molecule has 158 valence electrons. The Bertz CT molecular complexity index is 898. The van der Waals surface area contributed by atoms with E-state index in [1.54, 1.807) is 19.1 Å². The van der Waals surface area contributed by atoms with Crippen molar-refractivity contribution < 1.29 is 17.9 Å². The van der Waals surface area contributed by atoms with Crippen LogP contribution in [0.2, 0.25) is 0 Å². The zero-order chi connectivity index (χ0) is 21.3. The molecule has 0 radical (unpaired) electrons. The smallest absolute Gasteiger partial charge is 0.241 e. The molecule has 0 saturated carbocycles. The fourth-order valence-electron chi connectivity index (χ4n) is 2.91. The van der Waals surface area contributed by atoms with Crippen molar-refractivity contribution >= 4 is 15.9 Å². The fraction of sp³-hybridized carbons (Fsp3) is 0.409. The lowest BCUT2D eigenvalue weighted by Gasteiger charge is -2.19. The number of carbonyl (C=O) groups excluding carboxylic acids is 1. The van der Waals surface area contributed by atoms with Crippen LogP contribution in [0, 0.1) is 6.92 Å². The monoisotopic (exact) mass is 418 g/mol. The maximum Gasteiger partial charge on any atom is 0.241 e. The largest absolute Gasteiger partial charge is 0.494 e. The summed E-state index contributed by atoms with van der Waals surface area (Å²) in [4.78, 5) is 12.8. The minimum atomic E-state index is -3.88. The number of benzene rings is 2. The Morgan fingerprint density at radius 3 is 2.45 bits per heavy atom. The molecule has 1 unspecified atom stereocenters. The van der Waals surface area contributed by atoms with Gasteiger partial charge in [0.1, 0.15) is 11.8 Å². The molecule has 0 aromatic heterocycles. The summed E-state index contributed by atoms with van der Waals surface area (Å²) in [5.41, 5.74) is 1.61. The molecule has 29 heavy (non-hydrogen) atoms. The summed E-state index contributed by atoms with van der Waals surface area (Å²) < 4.78 is 34.0. The maximum absolute atomic E-state index is 13.0. The summed E-state index contributed by atoms with van der Waals surface area (Å²) in [5, 5.41) is 2.83. The lowest BCUT2D eigenvalue weighted by molar-refractivity contribution is -0.122. The van der Waals surface area contributed by atoms with E-state index < -0.39 is 16.1 Å². The van der Waals surface area contributed by atoms with E-state index in [0.29, 0.717) is 18.9 Å². The molecule has 0 spiro atoms. The van der Waals surface area contributed by atoms with Gasteiger partial charge in [0, 0.05) is 6.54 Å². The zero-order valence-electron chi connectivity index (χ0n) is 17.3. The molecule has 6 nitrogen and oxygen atoms in total. The molecule has 7 heteroatoms. The second-order valence-electron chi connectivity index (χ2n) is 6.87. The number of ether oxygens (including phenoxy) is 1. The van der Waals surface area contributed by atoms with Gasteiger partial charge in [-0.05, 0) is 56.0 Å². The average molecular weight is 419 g/mol. The van der Waals surface area contributed by atoms with E-state index in [1.807, 2.05) is 44.2 Å². The molecule has 2 rings (SSSR count). The van der Waals surface area contributed by atoms with Crippen LogP contribution >= 0.6 is 0 Å². The molecule has 2 aromatic carbocycles. The van der Waals surface area contributed by atoms with E-state index in [9.17, 15) is 13.2 Å². The Labute approximate surface area is 173 Å². The predicted octanol–water partition coefficient (Wildman–Crippen LogP) is 3.20. The Morgan fingerprint density at radius 1 is 1.10 bits per heavy atom. The SMILES string of the molecule is CCCCNC(=O)C(Cc1ccccc1)NS(=O)(=O)c1ccc(OCC)c(C)c1. The first kappa shape index (κ1) is 22.9. The van der Waals surface area contributed by atoms with E-state index in [1.165, 1.54) is 6.07 Å². The number of nitrogens with one attached hydrogen (secondary N) is 2. The molecule has 0 fully saturated rings. The lowest BCUT2D eigenvalue weighted by Crippen LogP contribution is -2.48. The van der Waals surface area contributed by atoms with Gasteiger partial charge in [-0.15, -0.1) is 0 Å². The van der Waals surface area contributed by atoms with Gasteiger partial charge in [0.25, 0.3) is 0 Å². The summed E-state index contributed by atoms with van der Waals surface area (Å²) in [6.07, 6.45) is 2.06. The van der Waals surface area contributed by atoms with Gasteiger partial charge in [0.05, 0.1) is 11.5 Å². The van der Waals surface area contributed by atoms with Gasteiger partial charge in [0.2, 0.25) is 15.9 Å². The van der Waals surface area contributed by atoms with Crippen LogP contribution in [-0.4, -0.2) is 33.5 Å². The Morgan fingerprint density at radius 2 is 1.83 bits per heavy atom. The number of unbranched alkanes of at least 4 members (excludes halogenated alkanes) is 1. The first-order chi connectivity index (χ1) is 13.9. The summed E-state index contributed by atoms with van der Waals surface area (Å²) in [6, 6.07) is 13.2. The van der Waals surface area contributed by atoms with Crippen LogP contribution in [-0.2, 0) is 21.2 Å². The standard InChI is InChI=1S/C22H30N2O4S/c1-4-6-14-23-22(25)20(16-18-10-8-7-9-11-18)24-29(26,27)19-12-13-21(28-5-2)17(3)15-19/h7-13,15,20,24H,4-6,14,16H2,1-3H3,(H,23,25). The van der Waals surface area contributed by atoms with Crippen molar-refractivity contribution in [2.45, 2.75) is 51.0 Å². The second kappa shape index (κ2) is 11.0. The van der Waals surface area contributed by atoms with Crippen LogP contribution in [0.15, 0.2) is 53.4 Å². The first-order valence-corrected chi connectivity index (χ1v) is 11.4. The molecule has 0 aliphatic rings. The highest BCUT2D eigenvalue weighted by Gasteiger charge is 2.26. The van der Waals surface area contributed by atoms with Gasteiger partial charge in [-0.25, -0.2) is 8.42 Å². The third-order valence-corrected chi connectivity index (χ3v) is 5.95. The number of carbonyl (C=O) groups is 1. The molecule has 1 atom stereocenters. The zero-order valence-corrected chi connectivity index (χ0v) is 18.1. The number of hydrogen-bond donors (Lipinski definition) is 2. The third-order valence-electron chi connectivity index (χ3n) is 4.48. The first-order valence-electron chi connectivity index (χ1n) is 9.94. The van der Waals surface area contributed by atoms with E-state index in [4.69, 9.17) is 4.74 Å². The Hall–Kier alpha value is -2.38. The van der Waals surface area contributed by atoms with Crippen molar-refractivity contribution in [1.82, 2.24) is 10.0 Å². The van der Waals surface area contributed by atoms with Crippen molar-refractivity contribution in [3.8, 4) is 5.75 Å². The van der Waals surface area contributed by atoms with Crippen LogP contribution in [0.3, 0.4) is 0 Å². The van der Waals surface area contributed by atoms with Gasteiger partial charge in [0.15, 0.2) is 0 Å². The van der Waals surface area contributed by atoms with E-state index in [-0.39, 0.29) is 17.2 Å². The van der Waals surface area contributed by atoms with Gasteiger partial charge in [-0.1, -0.05) is 43.7 Å². The van der Waals surface area contributed by atoms with Gasteiger partial charge in [-0.2, -0.15) is 4.72 Å². The summed E-state index contributed by atoms with van der Waals surface area (Å²) in [6.45, 7) is 6.72. The predicted molar refractivity (Wildman–Crippen MR) is 115 cm³/mol. The van der Waals surface area contributed by atoms with Crippen molar-refractivity contribution in [1.29, 1.82) is 0 Å². The van der Waals surface area contributed by atoms with Crippen LogP contribution in [0.5, 0.6) is 5.75 Å². The molecule has 0 saturated heterocycles.